The van der Waals surface area contributed by atoms with Crippen LogP contribution < -0.4 is 25.6 Å². The lowest BCUT2D eigenvalue weighted by atomic mass is 9.98. The van der Waals surface area contributed by atoms with E-state index in [1.54, 1.807) is 0 Å². The molecule has 0 radical (unpaired) electrons. The summed E-state index contributed by atoms with van der Waals surface area (Å²) in [5, 5.41) is 8.66. The van der Waals surface area contributed by atoms with Gasteiger partial charge in [0.15, 0.2) is 0 Å². The summed E-state index contributed by atoms with van der Waals surface area (Å²) in [6.07, 6.45) is 0. The average molecular weight is 712 g/mol. The van der Waals surface area contributed by atoms with Crippen molar-refractivity contribution >= 4 is 64.7 Å². The minimum atomic E-state index is -2.05. The standard InChI is InChI=1S/C50H41NSi2/c1-52(2)47-20-11-10-19-43(47)46-32-41(25-28-48(46)52)51(40-18-12-17-37(30-40)34-13-6-5-7-14-34)42-24-27-45-44-26-23-39(31-49(44)53(3,4)50(45)33-42)38-22-21-35-15-8-9-16-36(35)29-38/h5-33H,1-4H3. The molecule has 8 aromatic rings. The van der Waals surface area contributed by atoms with Crippen molar-refractivity contribution in [1.29, 1.82) is 0 Å². The summed E-state index contributed by atoms with van der Waals surface area (Å²) in [4.78, 5) is 2.50. The Morgan fingerprint density at radius 3 is 1.70 bits per heavy atom. The van der Waals surface area contributed by atoms with Gasteiger partial charge in [0.2, 0.25) is 0 Å². The predicted octanol–water partition coefficient (Wildman–Crippen LogP) is 11.2. The van der Waals surface area contributed by atoms with E-state index in [4.69, 9.17) is 0 Å². The zero-order valence-corrected chi connectivity index (χ0v) is 32.7. The van der Waals surface area contributed by atoms with E-state index in [-0.39, 0.29) is 0 Å². The molecule has 3 heteroatoms. The predicted molar refractivity (Wildman–Crippen MR) is 234 cm³/mol. The topological polar surface area (TPSA) is 3.24 Å². The fraction of sp³-hybridized carbons (Fsp3) is 0.0800. The third-order valence-electron chi connectivity index (χ3n) is 12.0. The summed E-state index contributed by atoms with van der Waals surface area (Å²) in [6, 6.07) is 66.2. The molecular weight excluding hydrogens is 671 g/mol. The molecule has 254 valence electrons. The Kier molecular flexibility index (Phi) is 7.17. The van der Waals surface area contributed by atoms with Crippen molar-refractivity contribution < 1.29 is 0 Å². The first-order chi connectivity index (χ1) is 25.8. The molecule has 0 bridgehead atoms. The van der Waals surface area contributed by atoms with Crippen molar-refractivity contribution in [2.75, 3.05) is 4.90 Å². The van der Waals surface area contributed by atoms with Crippen molar-refractivity contribution in [3.05, 3.63) is 176 Å². The quantitative estimate of drug-likeness (QED) is 0.161. The molecule has 0 spiro atoms. The van der Waals surface area contributed by atoms with Gasteiger partial charge >= 0.3 is 0 Å². The maximum atomic E-state index is 2.53. The number of hydrogen-bond acceptors (Lipinski definition) is 1. The largest absolute Gasteiger partial charge is 0.310 e. The Morgan fingerprint density at radius 1 is 0.302 bits per heavy atom. The number of anilines is 3. The second-order valence-corrected chi connectivity index (χ2v) is 24.5. The molecule has 0 amide bonds. The van der Waals surface area contributed by atoms with Crippen LogP contribution in [0.2, 0.25) is 26.2 Å². The summed E-state index contributed by atoms with van der Waals surface area (Å²) in [7, 11) is -3.82. The van der Waals surface area contributed by atoms with Gasteiger partial charge in [0.1, 0.15) is 16.1 Å². The fourth-order valence-electron chi connectivity index (χ4n) is 9.16. The molecule has 0 fully saturated rings. The molecule has 2 aliphatic heterocycles. The van der Waals surface area contributed by atoms with E-state index >= 15 is 0 Å². The van der Waals surface area contributed by atoms with E-state index in [0.717, 1.165) is 0 Å². The molecule has 0 N–H and O–H groups in total. The van der Waals surface area contributed by atoms with E-state index < -0.39 is 16.1 Å². The second kappa shape index (κ2) is 11.9. The first-order valence-electron chi connectivity index (χ1n) is 18.8. The summed E-state index contributed by atoms with van der Waals surface area (Å²) in [5.41, 5.74) is 14.2. The van der Waals surface area contributed by atoms with Crippen molar-refractivity contribution in [2.45, 2.75) is 26.2 Å². The van der Waals surface area contributed by atoms with Crippen LogP contribution in [-0.4, -0.2) is 16.1 Å². The number of nitrogens with zero attached hydrogens (tertiary/aromatic N) is 1. The van der Waals surface area contributed by atoms with Crippen LogP contribution in [0.1, 0.15) is 0 Å². The Bertz CT molecular complexity index is 2740. The van der Waals surface area contributed by atoms with E-state index in [1.165, 1.54) is 93.1 Å². The van der Waals surface area contributed by atoms with Crippen LogP contribution >= 0.6 is 0 Å². The molecule has 10 rings (SSSR count). The Labute approximate surface area is 314 Å². The monoisotopic (exact) mass is 711 g/mol. The van der Waals surface area contributed by atoms with Crippen LogP contribution in [0.25, 0.3) is 55.3 Å². The van der Waals surface area contributed by atoms with Crippen LogP contribution in [0.3, 0.4) is 0 Å². The Morgan fingerprint density at radius 2 is 0.849 bits per heavy atom. The van der Waals surface area contributed by atoms with E-state index in [1.807, 2.05) is 0 Å². The van der Waals surface area contributed by atoms with Gasteiger partial charge in [-0.1, -0.05) is 160 Å². The highest BCUT2D eigenvalue weighted by Gasteiger charge is 2.39. The fourth-order valence-corrected chi connectivity index (χ4v) is 15.3. The zero-order valence-electron chi connectivity index (χ0n) is 30.7. The minimum absolute atomic E-state index is 1.17. The van der Waals surface area contributed by atoms with Crippen molar-refractivity contribution in [1.82, 2.24) is 0 Å². The molecule has 0 aromatic heterocycles. The van der Waals surface area contributed by atoms with E-state index in [2.05, 4.69) is 207 Å². The first-order valence-corrected chi connectivity index (χ1v) is 24.8. The number of benzene rings is 8. The molecule has 2 heterocycles. The molecule has 8 aromatic carbocycles. The van der Waals surface area contributed by atoms with Crippen LogP contribution in [0.5, 0.6) is 0 Å². The lowest BCUT2D eigenvalue weighted by molar-refractivity contribution is 1.29. The molecule has 0 saturated heterocycles. The highest BCUT2D eigenvalue weighted by atomic mass is 28.3. The maximum Gasteiger partial charge on any atom is 0.113 e. The van der Waals surface area contributed by atoms with Crippen LogP contribution in [-0.2, 0) is 0 Å². The van der Waals surface area contributed by atoms with Crippen LogP contribution in [0, 0.1) is 0 Å². The highest BCUT2D eigenvalue weighted by molar-refractivity contribution is 7.04. The number of hydrogen-bond donors (Lipinski definition) is 0. The normalized spacial score (nSPS) is 14.3. The number of rotatable bonds is 5. The number of fused-ring (bicyclic) bond motifs is 7. The van der Waals surface area contributed by atoms with Gasteiger partial charge in [0.25, 0.3) is 0 Å². The molecule has 0 aliphatic carbocycles. The van der Waals surface area contributed by atoms with Gasteiger partial charge in [0, 0.05) is 17.1 Å². The summed E-state index contributed by atoms with van der Waals surface area (Å²) < 4.78 is 0. The van der Waals surface area contributed by atoms with Crippen LogP contribution in [0.4, 0.5) is 17.1 Å². The van der Waals surface area contributed by atoms with E-state index in [0.29, 0.717) is 0 Å². The molecular formula is C50H41NSi2. The van der Waals surface area contributed by atoms with Gasteiger partial charge in [-0.3, -0.25) is 0 Å². The van der Waals surface area contributed by atoms with E-state index in [9.17, 15) is 0 Å². The molecule has 0 saturated carbocycles. The molecule has 0 atom stereocenters. The molecule has 1 nitrogen and oxygen atoms in total. The Balaban J connectivity index is 1.11. The summed E-state index contributed by atoms with van der Waals surface area (Å²) in [5.74, 6) is 0. The van der Waals surface area contributed by atoms with Gasteiger partial charge < -0.3 is 4.90 Å². The molecule has 0 unspecified atom stereocenters. The summed E-state index contributed by atoms with van der Waals surface area (Å²) >= 11 is 0. The van der Waals surface area contributed by atoms with Gasteiger partial charge in [-0.25, -0.2) is 0 Å². The van der Waals surface area contributed by atoms with Crippen molar-refractivity contribution in [2.24, 2.45) is 0 Å². The van der Waals surface area contributed by atoms with Gasteiger partial charge in [-0.15, -0.1) is 0 Å². The third kappa shape index (κ3) is 5.03. The SMILES string of the molecule is C[Si]1(C)c2ccccc2-c2cc(N(c3cccc(-c4ccccc4)c3)c3ccc4c(c3)[Si](C)(C)c3cc(-c5ccc6ccccc6c5)ccc3-4)ccc21. The van der Waals surface area contributed by atoms with Gasteiger partial charge in [-0.05, 0) is 118 Å². The smallest absolute Gasteiger partial charge is 0.113 e. The van der Waals surface area contributed by atoms with Crippen LogP contribution in [0.15, 0.2) is 176 Å². The Hall–Kier alpha value is -5.75. The lowest BCUT2D eigenvalue weighted by Crippen LogP contribution is -2.49. The van der Waals surface area contributed by atoms with Crippen molar-refractivity contribution in [3.8, 4) is 44.5 Å². The first kappa shape index (κ1) is 31.9. The molecule has 53 heavy (non-hydrogen) atoms. The van der Waals surface area contributed by atoms with Gasteiger partial charge in [0.05, 0.1) is 0 Å². The molecule has 2 aliphatic rings. The van der Waals surface area contributed by atoms with Crippen molar-refractivity contribution in [3.63, 3.8) is 0 Å². The summed E-state index contributed by atoms with van der Waals surface area (Å²) in [6.45, 7) is 10.1. The van der Waals surface area contributed by atoms with Gasteiger partial charge in [-0.2, -0.15) is 0 Å². The minimum Gasteiger partial charge on any atom is -0.310 e. The maximum absolute atomic E-state index is 2.53. The zero-order chi connectivity index (χ0) is 35.9. The third-order valence-corrected chi connectivity index (χ3v) is 19.1. The average Bonchev–Trinajstić information content (AvgIpc) is 3.57. The second-order valence-electron chi connectivity index (χ2n) is 15.8. The highest BCUT2D eigenvalue weighted by Crippen LogP contribution is 2.41. The lowest BCUT2D eigenvalue weighted by Gasteiger charge is -2.29.